The van der Waals surface area contributed by atoms with Gasteiger partial charge in [-0.15, -0.1) is 0 Å². The molecule has 1 saturated carbocycles. The van der Waals surface area contributed by atoms with E-state index in [1.807, 2.05) is 12.1 Å². The zero-order valence-electron chi connectivity index (χ0n) is 12.0. The maximum atomic E-state index is 12.0. The number of hydrogen-bond donors (Lipinski definition) is 2. The molecule has 0 saturated heterocycles. The van der Waals surface area contributed by atoms with Crippen molar-refractivity contribution in [3.8, 4) is 0 Å². The Hall–Kier alpha value is -1.26. The number of carbonyl (C=O) groups excluding carboxylic acids is 1. The molecular formula is C15H22ClN3O. The first-order valence-corrected chi connectivity index (χ1v) is 7.38. The maximum Gasteiger partial charge on any atom is 0.254 e. The molecule has 0 spiro atoms. The molecule has 0 atom stereocenters. The van der Waals surface area contributed by atoms with Gasteiger partial charge >= 0.3 is 0 Å². The molecule has 1 aliphatic rings. The number of nitrogens with one attached hydrogen (secondary N) is 1. The number of anilines is 1. The van der Waals surface area contributed by atoms with Gasteiger partial charge in [-0.3, -0.25) is 4.79 Å². The van der Waals surface area contributed by atoms with Crippen molar-refractivity contribution >= 4 is 23.2 Å². The number of amides is 1. The van der Waals surface area contributed by atoms with Crippen molar-refractivity contribution in [2.24, 2.45) is 5.73 Å². The first-order valence-electron chi connectivity index (χ1n) is 7.00. The lowest BCUT2D eigenvalue weighted by molar-refractivity contribution is 0.0828. The van der Waals surface area contributed by atoms with Gasteiger partial charge in [0.05, 0.1) is 10.6 Å². The van der Waals surface area contributed by atoms with Gasteiger partial charge in [-0.2, -0.15) is 0 Å². The van der Waals surface area contributed by atoms with E-state index in [0.717, 1.165) is 31.4 Å². The molecule has 0 radical (unpaired) electrons. The second-order valence-electron chi connectivity index (χ2n) is 5.65. The predicted molar refractivity (Wildman–Crippen MR) is 83.3 cm³/mol. The van der Waals surface area contributed by atoms with Crippen LogP contribution in [0.3, 0.4) is 0 Å². The molecule has 2 rings (SSSR count). The van der Waals surface area contributed by atoms with Crippen LogP contribution in [-0.4, -0.2) is 37.0 Å². The van der Waals surface area contributed by atoms with Gasteiger partial charge in [-0.1, -0.05) is 11.6 Å². The fraction of sp³-hybridized carbons (Fsp3) is 0.533. The molecule has 0 bridgehead atoms. The number of rotatable bonds is 3. The summed E-state index contributed by atoms with van der Waals surface area (Å²) < 4.78 is 0. The SMILES string of the molecule is CN(C)C(=O)c1cc(NC2CCC(N)CC2)ccc1Cl. The van der Waals surface area contributed by atoms with Crippen LogP contribution >= 0.6 is 11.6 Å². The van der Waals surface area contributed by atoms with Gasteiger partial charge in [-0.05, 0) is 43.9 Å². The highest BCUT2D eigenvalue weighted by Gasteiger charge is 2.19. The average Bonchev–Trinajstić information content (AvgIpc) is 2.42. The highest BCUT2D eigenvalue weighted by atomic mass is 35.5. The van der Waals surface area contributed by atoms with Crippen LogP contribution in [-0.2, 0) is 0 Å². The van der Waals surface area contributed by atoms with E-state index >= 15 is 0 Å². The molecule has 0 aliphatic heterocycles. The third-order valence-electron chi connectivity index (χ3n) is 3.75. The van der Waals surface area contributed by atoms with Gasteiger partial charge in [0.25, 0.3) is 5.91 Å². The standard InChI is InChI=1S/C15H22ClN3O/c1-19(2)15(20)13-9-12(7-8-14(13)16)18-11-5-3-10(17)4-6-11/h7-11,18H,3-6,17H2,1-2H3. The Balaban J connectivity index is 2.09. The lowest BCUT2D eigenvalue weighted by Gasteiger charge is -2.27. The summed E-state index contributed by atoms with van der Waals surface area (Å²) in [6.07, 6.45) is 4.24. The monoisotopic (exact) mass is 295 g/mol. The van der Waals surface area contributed by atoms with E-state index in [9.17, 15) is 4.79 Å². The second-order valence-corrected chi connectivity index (χ2v) is 6.06. The summed E-state index contributed by atoms with van der Waals surface area (Å²) in [5.41, 5.74) is 7.39. The number of benzene rings is 1. The molecular weight excluding hydrogens is 274 g/mol. The molecule has 3 N–H and O–H groups in total. The highest BCUT2D eigenvalue weighted by Crippen LogP contribution is 2.25. The Morgan fingerprint density at radius 1 is 1.30 bits per heavy atom. The van der Waals surface area contributed by atoms with Crippen LogP contribution in [0.15, 0.2) is 18.2 Å². The molecule has 5 heteroatoms. The van der Waals surface area contributed by atoms with Crippen molar-refractivity contribution in [2.45, 2.75) is 37.8 Å². The first-order chi connectivity index (χ1) is 9.47. The van der Waals surface area contributed by atoms with E-state index in [0.29, 0.717) is 22.7 Å². The molecule has 4 nitrogen and oxygen atoms in total. The topological polar surface area (TPSA) is 58.4 Å². The summed E-state index contributed by atoms with van der Waals surface area (Å²) in [6.45, 7) is 0. The summed E-state index contributed by atoms with van der Waals surface area (Å²) >= 11 is 6.11. The quantitative estimate of drug-likeness (QED) is 0.901. The van der Waals surface area contributed by atoms with Gasteiger partial charge < -0.3 is 16.0 Å². The number of nitrogens with two attached hydrogens (primary N) is 1. The number of carbonyl (C=O) groups is 1. The minimum atomic E-state index is -0.0793. The molecule has 20 heavy (non-hydrogen) atoms. The zero-order valence-corrected chi connectivity index (χ0v) is 12.8. The van der Waals surface area contributed by atoms with Crippen LogP contribution < -0.4 is 11.1 Å². The van der Waals surface area contributed by atoms with Crippen LogP contribution in [0.1, 0.15) is 36.0 Å². The van der Waals surface area contributed by atoms with Crippen molar-refractivity contribution in [2.75, 3.05) is 19.4 Å². The normalized spacial score (nSPS) is 22.4. The summed E-state index contributed by atoms with van der Waals surface area (Å²) in [5.74, 6) is -0.0793. The fourth-order valence-electron chi connectivity index (χ4n) is 2.52. The van der Waals surface area contributed by atoms with Gasteiger partial charge in [0.1, 0.15) is 0 Å². The number of nitrogens with zero attached hydrogens (tertiary/aromatic N) is 1. The lowest BCUT2D eigenvalue weighted by atomic mass is 9.91. The number of halogens is 1. The largest absolute Gasteiger partial charge is 0.382 e. The van der Waals surface area contributed by atoms with E-state index in [4.69, 9.17) is 17.3 Å². The van der Waals surface area contributed by atoms with E-state index in [2.05, 4.69) is 5.32 Å². The minimum Gasteiger partial charge on any atom is -0.382 e. The first kappa shape index (κ1) is 15.1. The van der Waals surface area contributed by atoms with Crippen molar-refractivity contribution in [1.82, 2.24) is 4.90 Å². The summed E-state index contributed by atoms with van der Waals surface area (Å²) in [6, 6.07) is 6.29. The maximum absolute atomic E-state index is 12.0. The van der Waals surface area contributed by atoms with Crippen LogP contribution in [0.5, 0.6) is 0 Å². The lowest BCUT2D eigenvalue weighted by Crippen LogP contribution is -2.32. The Bertz CT molecular complexity index is 482. The molecule has 1 fully saturated rings. The summed E-state index contributed by atoms with van der Waals surface area (Å²) in [5, 5.41) is 3.96. The Kier molecular flexibility index (Phi) is 4.89. The Morgan fingerprint density at radius 3 is 2.55 bits per heavy atom. The zero-order chi connectivity index (χ0) is 14.7. The van der Waals surface area contributed by atoms with Crippen LogP contribution in [0.4, 0.5) is 5.69 Å². The Labute approximate surface area is 125 Å². The Morgan fingerprint density at radius 2 is 1.95 bits per heavy atom. The molecule has 1 aromatic rings. The van der Waals surface area contributed by atoms with Crippen molar-refractivity contribution in [3.05, 3.63) is 28.8 Å². The predicted octanol–water partition coefficient (Wildman–Crippen LogP) is 2.72. The van der Waals surface area contributed by atoms with Crippen molar-refractivity contribution in [3.63, 3.8) is 0 Å². The van der Waals surface area contributed by atoms with Gasteiger partial charge in [0.2, 0.25) is 0 Å². The summed E-state index contributed by atoms with van der Waals surface area (Å²) in [7, 11) is 3.45. The third kappa shape index (κ3) is 3.64. The molecule has 0 aromatic heterocycles. The molecule has 1 aromatic carbocycles. The van der Waals surface area contributed by atoms with Gasteiger partial charge in [-0.25, -0.2) is 0 Å². The van der Waals surface area contributed by atoms with Crippen LogP contribution in [0.25, 0.3) is 0 Å². The second kappa shape index (κ2) is 6.46. The molecule has 110 valence electrons. The van der Waals surface area contributed by atoms with Gasteiger partial charge in [0.15, 0.2) is 0 Å². The van der Waals surface area contributed by atoms with E-state index < -0.39 is 0 Å². The van der Waals surface area contributed by atoms with Gasteiger partial charge in [0, 0.05) is 31.9 Å². The van der Waals surface area contributed by atoms with Crippen molar-refractivity contribution in [1.29, 1.82) is 0 Å². The van der Waals surface area contributed by atoms with E-state index in [1.165, 1.54) is 4.90 Å². The molecule has 1 amide bonds. The average molecular weight is 296 g/mol. The van der Waals surface area contributed by atoms with E-state index in [-0.39, 0.29) is 5.91 Å². The van der Waals surface area contributed by atoms with Crippen molar-refractivity contribution < 1.29 is 4.79 Å². The fourth-order valence-corrected chi connectivity index (χ4v) is 2.72. The molecule has 0 unspecified atom stereocenters. The third-order valence-corrected chi connectivity index (χ3v) is 4.08. The van der Waals surface area contributed by atoms with Crippen LogP contribution in [0, 0.1) is 0 Å². The summed E-state index contributed by atoms with van der Waals surface area (Å²) in [4.78, 5) is 13.6. The molecule has 0 heterocycles. The smallest absolute Gasteiger partial charge is 0.254 e. The van der Waals surface area contributed by atoms with Crippen LogP contribution in [0.2, 0.25) is 5.02 Å². The molecule has 1 aliphatic carbocycles. The highest BCUT2D eigenvalue weighted by molar-refractivity contribution is 6.34. The van der Waals surface area contributed by atoms with E-state index in [1.54, 1.807) is 20.2 Å². The number of hydrogen-bond acceptors (Lipinski definition) is 3. The minimum absolute atomic E-state index is 0.0793.